The minimum Gasteiger partial charge on any atom is -0.481 e. The molecule has 1 amide bonds. The zero-order chi connectivity index (χ0) is 13.7. The Kier molecular flexibility index (Phi) is 4.49. The molecule has 0 aliphatic carbocycles. The second-order valence-electron chi connectivity index (χ2n) is 4.91. The molecule has 1 saturated heterocycles. The number of amides is 1. The number of hydrogen-bond donors (Lipinski definition) is 1. The second-order valence-corrected chi connectivity index (χ2v) is 4.91. The fourth-order valence-corrected chi connectivity index (χ4v) is 2.46. The van der Waals surface area contributed by atoms with Gasteiger partial charge in [0.15, 0.2) is 0 Å². The van der Waals surface area contributed by atoms with Crippen LogP contribution in [-0.4, -0.2) is 40.0 Å². The SMILES string of the molecule is O=C(O)CCC1CCCN(C(=O)c2ccccn2)C1. The number of hydrogen-bond acceptors (Lipinski definition) is 3. The topological polar surface area (TPSA) is 70.5 Å². The molecule has 2 heterocycles. The average Bonchev–Trinajstić information content (AvgIpc) is 2.45. The highest BCUT2D eigenvalue weighted by Crippen LogP contribution is 2.22. The molecule has 1 fully saturated rings. The van der Waals surface area contributed by atoms with E-state index in [1.807, 2.05) is 0 Å². The lowest BCUT2D eigenvalue weighted by Gasteiger charge is -2.32. The highest BCUT2D eigenvalue weighted by atomic mass is 16.4. The zero-order valence-electron chi connectivity index (χ0n) is 10.8. The summed E-state index contributed by atoms with van der Waals surface area (Å²) < 4.78 is 0. The maximum atomic E-state index is 12.2. The first-order chi connectivity index (χ1) is 9.16. The summed E-state index contributed by atoms with van der Waals surface area (Å²) in [6.45, 7) is 1.38. The van der Waals surface area contributed by atoms with Gasteiger partial charge in [0.25, 0.3) is 5.91 Å². The summed E-state index contributed by atoms with van der Waals surface area (Å²) in [6, 6.07) is 5.29. The molecule has 1 atom stereocenters. The summed E-state index contributed by atoms with van der Waals surface area (Å²) >= 11 is 0. The number of carbonyl (C=O) groups is 2. The van der Waals surface area contributed by atoms with Crippen molar-refractivity contribution in [3.8, 4) is 0 Å². The summed E-state index contributed by atoms with van der Waals surface area (Å²) in [6.07, 6.45) is 4.36. The molecule has 1 N–H and O–H groups in total. The number of aliphatic carboxylic acids is 1. The summed E-state index contributed by atoms with van der Waals surface area (Å²) in [7, 11) is 0. The fraction of sp³-hybridized carbons (Fsp3) is 0.500. The standard InChI is InChI=1S/C14H18N2O3/c17-13(18)7-6-11-4-3-9-16(10-11)14(19)12-5-1-2-8-15-12/h1-2,5,8,11H,3-4,6-7,9-10H2,(H,17,18). The van der Waals surface area contributed by atoms with Crippen molar-refractivity contribution >= 4 is 11.9 Å². The minimum atomic E-state index is -0.770. The van der Waals surface area contributed by atoms with E-state index in [0.717, 1.165) is 19.4 Å². The van der Waals surface area contributed by atoms with Gasteiger partial charge in [-0.05, 0) is 37.3 Å². The number of carboxylic acid groups (broad SMARTS) is 1. The van der Waals surface area contributed by atoms with Gasteiger partial charge in [-0.15, -0.1) is 0 Å². The Labute approximate surface area is 112 Å². The van der Waals surface area contributed by atoms with E-state index in [4.69, 9.17) is 5.11 Å². The van der Waals surface area contributed by atoms with Gasteiger partial charge in [0, 0.05) is 25.7 Å². The normalized spacial score (nSPS) is 19.2. The van der Waals surface area contributed by atoms with Crippen molar-refractivity contribution in [3.05, 3.63) is 30.1 Å². The number of nitrogens with zero attached hydrogens (tertiary/aromatic N) is 2. The van der Waals surface area contributed by atoms with Crippen molar-refractivity contribution < 1.29 is 14.7 Å². The Hall–Kier alpha value is -1.91. The maximum Gasteiger partial charge on any atom is 0.303 e. The minimum absolute atomic E-state index is 0.0550. The van der Waals surface area contributed by atoms with Gasteiger partial charge in [0.1, 0.15) is 5.69 Å². The maximum absolute atomic E-state index is 12.2. The molecule has 0 radical (unpaired) electrons. The van der Waals surface area contributed by atoms with Crippen LogP contribution < -0.4 is 0 Å². The first-order valence-electron chi connectivity index (χ1n) is 6.59. The quantitative estimate of drug-likeness (QED) is 0.898. The molecule has 1 aliphatic heterocycles. The van der Waals surface area contributed by atoms with Gasteiger partial charge in [-0.25, -0.2) is 0 Å². The molecule has 1 aromatic heterocycles. The predicted molar refractivity (Wildman–Crippen MR) is 69.7 cm³/mol. The Bertz CT molecular complexity index is 447. The summed E-state index contributed by atoms with van der Waals surface area (Å²) in [4.78, 5) is 28.7. The Balaban J connectivity index is 1.93. The van der Waals surface area contributed by atoms with Crippen LogP contribution in [0.25, 0.3) is 0 Å². The molecule has 5 heteroatoms. The molecule has 0 aromatic carbocycles. The molecule has 5 nitrogen and oxygen atoms in total. The number of carbonyl (C=O) groups excluding carboxylic acids is 1. The third kappa shape index (κ3) is 3.77. The first kappa shape index (κ1) is 13.5. The monoisotopic (exact) mass is 262 g/mol. The fourth-order valence-electron chi connectivity index (χ4n) is 2.46. The largest absolute Gasteiger partial charge is 0.481 e. The first-order valence-corrected chi connectivity index (χ1v) is 6.59. The van der Waals surface area contributed by atoms with E-state index in [9.17, 15) is 9.59 Å². The highest BCUT2D eigenvalue weighted by Gasteiger charge is 2.25. The zero-order valence-corrected chi connectivity index (χ0v) is 10.8. The van der Waals surface area contributed by atoms with Crippen LogP contribution in [0.3, 0.4) is 0 Å². The summed E-state index contributed by atoms with van der Waals surface area (Å²) in [5, 5.41) is 8.71. The van der Waals surface area contributed by atoms with E-state index in [1.165, 1.54) is 0 Å². The number of pyridine rings is 1. The lowest BCUT2D eigenvalue weighted by Crippen LogP contribution is -2.40. The van der Waals surface area contributed by atoms with Crippen molar-refractivity contribution in [2.24, 2.45) is 5.92 Å². The molecule has 0 spiro atoms. The van der Waals surface area contributed by atoms with E-state index in [0.29, 0.717) is 18.7 Å². The molecule has 0 bridgehead atoms. The van der Waals surface area contributed by atoms with Crippen LogP contribution in [-0.2, 0) is 4.79 Å². The number of likely N-dealkylation sites (tertiary alicyclic amines) is 1. The van der Waals surface area contributed by atoms with Crippen molar-refractivity contribution in [3.63, 3.8) is 0 Å². The van der Waals surface area contributed by atoms with Crippen LogP contribution in [0.2, 0.25) is 0 Å². The van der Waals surface area contributed by atoms with Crippen LogP contribution in [0, 0.1) is 5.92 Å². The van der Waals surface area contributed by atoms with Gasteiger partial charge in [0.2, 0.25) is 0 Å². The van der Waals surface area contributed by atoms with Gasteiger partial charge in [0.05, 0.1) is 0 Å². The summed E-state index contributed by atoms with van der Waals surface area (Å²) in [5.74, 6) is -0.536. The summed E-state index contributed by atoms with van der Waals surface area (Å²) in [5.41, 5.74) is 0.460. The van der Waals surface area contributed by atoms with Gasteiger partial charge in [-0.2, -0.15) is 0 Å². The van der Waals surface area contributed by atoms with Crippen molar-refractivity contribution in [1.29, 1.82) is 0 Å². The van der Waals surface area contributed by atoms with E-state index in [2.05, 4.69) is 4.98 Å². The van der Waals surface area contributed by atoms with Crippen molar-refractivity contribution in [1.82, 2.24) is 9.88 Å². The molecular formula is C14H18N2O3. The number of rotatable bonds is 4. The number of carboxylic acids is 1. The lowest BCUT2D eigenvalue weighted by molar-refractivity contribution is -0.137. The predicted octanol–water partition coefficient (Wildman–Crippen LogP) is 1.80. The molecule has 1 aliphatic rings. The highest BCUT2D eigenvalue weighted by molar-refractivity contribution is 5.92. The third-order valence-corrected chi connectivity index (χ3v) is 3.46. The molecular weight excluding hydrogens is 244 g/mol. The smallest absolute Gasteiger partial charge is 0.303 e. The van der Waals surface area contributed by atoms with Gasteiger partial charge >= 0.3 is 5.97 Å². The van der Waals surface area contributed by atoms with Crippen LogP contribution in [0.4, 0.5) is 0 Å². The van der Waals surface area contributed by atoms with Crippen LogP contribution in [0.15, 0.2) is 24.4 Å². The Morgan fingerprint density at radius 3 is 2.95 bits per heavy atom. The van der Waals surface area contributed by atoms with Crippen LogP contribution >= 0.6 is 0 Å². The molecule has 0 saturated carbocycles. The van der Waals surface area contributed by atoms with Gasteiger partial charge in [-0.1, -0.05) is 6.07 Å². The molecule has 102 valence electrons. The van der Waals surface area contributed by atoms with Crippen molar-refractivity contribution in [2.75, 3.05) is 13.1 Å². The van der Waals surface area contributed by atoms with E-state index in [1.54, 1.807) is 29.3 Å². The van der Waals surface area contributed by atoms with Gasteiger partial charge in [-0.3, -0.25) is 14.6 Å². The van der Waals surface area contributed by atoms with Crippen LogP contribution in [0.1, 0.15) is 36.2 Å². The Morgan fingerprint density at radius 1 is 1.42 bits per heavy atom. The van der Waals surface area contributed by atoms with Gasteiger partial charge < -0.3 is 10.0 Å². The lowest BCUT2D eigenvalue weighted by atomic mass is 9.93. The van der Waals surface area contributed by atoms with E-state index >= 15 is 0 Å². The molecule has 1 unspecified atom stereocenters. The number of piperidine rings is 1. The van der Waals surface area contributed by atoms with Crippen LogP contribution in [0.5, 0.6) is 0 Å². The average molecular weight is 262 g/mol. The molecule has 19 heavy (non-hydrogen) atoms. The Morgan fingerprint density at radius 2 is 2.26 bits per heavy atom. The van der Waals surface area contributed by atoms with Crippen molar-refractivity contribution in [2.45, 2.75) is 25.7 Å². The second kappa shape index (κ2) is 6.31. The molecule has 1 aromatic rings. The van der Waals surface area contributed by atoms with E-state index in [-0.39, 0.29) is 18.2 Å². The molecule has 2 rings (SSSR count). The van der Waals surface area contributed by atoms with E-state index < -0.39 is 5.97 Å². The third-order valence-electron chi connectivity index (χ3n) is 3.46. The number of aromatic nitrogens is 1.